The molecule has 1 fully saturated rings. The van der Waals surface area contributed by atoms with Crippen LogP contribution in [0.2, 0.25) is 0 Å². The molecule has 2 N–H and O–H groups in total. The van der Waals surface area contributed by atoms with Crippen molar-refractivity contribution in [3.63, 3.8) is 0 Å². The summed E-state index contributed by atoms with van der Waals surface area (Å²) >= 11 is 0. The Hall–Kier alpha value is -1.85. The average molecular weight is 260 g/mol. The zero-order chi connectivity index (χ0) is 13.2. The lowest BCUT2D eigenvalue weighted by Crippen LogP contribution is -2.42. The van der Waals surface area contributed by atoms with Crippen LogP contribution in [0.1, 0.15) is 15.9 Å². The Labute approximate surface area is 110 Å². The highest BCUT2D eigenvalue weighted by molar-refractivity contribution is 5.93. The lowest BCUT2D eigenvalue weighted by atomic mass is 10.1. The minimum atomic E-state index is -0.906. The number of rotatable bonds is 3. The largest absolute Gasteiger partial charge is 0.478 e. The number of aromatic carboxylic acids is 1. The highest BCUT2D eigenvalue weighted by atomic mass is 16.4. The topological polar surface area (TPSA) is 65.7 Å². The fourth-order valence-electron chi connectivity index (χ4n) is 2.45. The third-order valence-electron chi connectivity index (χ3n) is 3.50. The van der Waals surface area contributed by atoms with Crippen LogP contribution in [0.25, 0.3) is 11.0 Å². The molecule has 0 unspecified atom stereocenters. The van der Waals surface area contributed by atoms with Crippen LogP contribution < -0.4 is 5.32 Å². The minimum absolute atomic E-state index is 0.301. The van der Waals surface area contributed by atoms with Crippen molar-refractivity contribution < 1.29 is 14.3 Å². The number of hydrogen-bond donors (Lipinski definition) is 2. The molecule has 1 saturated heterocycles. The summed E-state index contributed by atoms with van der Waals surface area (Å²) in [5, 5.41) is 13.3. The normalized spacial score (nSPS) is 16.8. The molecule has 0 saturated carbocycles. The summed E-state index contributed by atoms with van der Waals surface area (Å²) in [6.45, 7) is 4.81. The summed E-state index contributed by atoms with van der Waals surface area (Å²) in [7, 11) is 0. The van der Waals surface area contributed by atoms with E-state index in [1.807, 2.05) is 0 Å². The summed E-state index contributed by atoms with van der Waals surface area (Å²) in [6, 6.07) is 4.99. The SMILES string of the molecule is O=C(O)c1ccc2occ(CN3CCNCC3)c2c1. The van der Waals surface area contributed by atoms with Gasteiger partial charge in [0.15, 0.2) is 0 Å². The highest BCUT2D eigenvalue weighted by Crippen LogP contribution is 2.24. The van der Waals surface area contributed by atoms with Crippen molar-refractivity contribution >= 4 is 16.9 Å². The van der Waals surface area contributed by atoms with Crippen LogP contribution in [0.3, 0.4) is 0 Å². The molecule has 1 aromatic heterocycles. The Bertz CT molecular complexity index is 600. The Kier molecular flexibility index (Phi) is 3.23. The van der Waals surface area contributed by atoms with E-state index in [1.165, 1.54) is 0 Å². The highest BCUT2D eigenvalue weighted by Gasteiger charge is 2.14. The van der Waals surface area contributed by atoms with Gasteiger partial charge >= 0.3 is 5.97 Å². The predicted molar refractivity (Wildman–Crippen MR) is 71.3 cm³/mol. The Balaban J connectivity index is 1.89. The molecule has 2 heterocycles. The number of furan rings is 1. The number of fused-ring (bicyclic) bond motifs is 1. The molecule has 0 bridgehead atoms. The summed E-state index contributed by atoms with van der Waals surface area (Å²) < 4.78 is 5.49. The first-order chi connectivity index (χ1) is 9.24. The van der Waals surface area contributed by atoms with Gasteiger partial charge in [-0.05, 0) is 18.2 Å². The van der Waals surface area contributed by atoms with Crippen LogP contribution in [-0.4, -0.2) is 42.2 Å². The fraction of sp³-hybridized carbons (Fsp3) is 0.357. The van der Waals surface area contributed by atoms with E-state index >= 15 is 0 Å². The number of carboxylic acid groups (broad SMARTS) is 1. The van der Waals surface area contributed by atoms with Gasteiger partial charge in [0.05, 0.1) is 11.8 Å². The first kappa shape index (κ1) is 12.2. The molecule has 19 heavy (non-hydrogen) atoms. The molecule has 1 aromatic carbocycles. The molecule has 1 aliphatic heterocycles. The van der Waals surface area contributed by atoms with Crippen molar-refractivity contribution in [2.45, 2.75) is 6.54 Å². The molecule has 5 heteroatoms. The van der Waals surface area contributed by atoms with E-state index in [1.54, 1.807) is 24.5 Å². The van der Waals surface area contributed by atoms with E-state index in [2.05, 4.69) is 10.2 Å². The molecular weight excluding hydrogens is 244 g/mol. The summed E-state index contributed by atoms with van der Waals surface area (Å²) in [5.74, 6) is -0.906. The second-order valence-corrected chi connectivity index (χ2v) is 4.80. The maximum absolute atomic E-state index is 11.0. The smallest absolute Gasteiger partial charge is 0.335 e. The second-order valence-electron chi connectivity index (χ2n) is 4.80. The number of benzene rings is 1. The number of nitrogens with zero attached hydrogens (tertiary/aromatic N) is 1. The van der Waals surface area contributed by atoms with Gasteiger partial charge in [-0.1, -0.05) is 0 Å². The van der Waals surface area contributed by atoms with Crippen LogP contribution in [0.15, 0.2) is 28.9 Å². The lowest BCUT2D eigenvalue weighted by molar-refractivity contribution is 0.0697. The summed E-state index contributed by atoms with van der Waals surface area (Å²) in [6.07, 6.45) is 1.73. The minimum Gasteiger partial charge on any atom is -0.478 e. The molecule has 100 valence electrons. The number of hydrogen-bond acceptors (Lipinski definition) is 4. The first-order valence-electron chi connectivity index (χ1n) is 6.40. The van der Waals surface area contributed by atoms with Gasteiger partial charge in [0.1, 0.15) is 5.58 Å². The molecule has 0 atom stereocenters. The zero-order valence-electron chi connectivity index (χ0n) is 10.6. The molecule has 1 aliphatic rings. The zero-order valence-corrected chi connectivity index (χ0v) is 10.6. The van der Waals surface area contributed by atoms with E-state index in [-0.39, 0.29) is 0 Å². The maximum Gasteiger partial charge on any atom is 0.335 e. The molecule has 0 amide bonds. The van der Waals surface area contributed by atoms with E-state index < -0.39 is 5.97 Å². The van der Waals surface area contributed by atoms with Crippen molar-refractivity contribution in [1.29, 1.82) is 0 Å². The number of piperazine rings is 1. The van der Waals surface area contributed by atoms with E-state index in [4.69, 9.17) is 9.52 Å². The van der Waals surface area contributed by atoms with Crippen molar-refractivity contribution in [2.75, 3.05) is 26.2 Å². The Morgan fingerprint density at radius 1 is 1.37 bits per heavy atom. The van der Waals surface area contributed by atoms with Gasteiger partial charge in [-0.2, -0.15) is 0 Å². The van der Waals surface area contributed by atoms with E-state index in [0.717, 1.165) is 49.3 Å². The van der Waals surface area contributed by atoms with Crippen LogP contribution >= 0.6 is 0 Å². The summed E-state index contributed by atoms with van der Waals surface area (Å²) in [4.78, 5) is 13.4. The van der Waals surface area contributed by atoms with Gasteiger partial charge in [0.25, 0.3) is 0 Å². The summed E-state index contributed by atoms with van der Waals surface area (Å²) in [5.41, 5.74) is 2.10. The number of carbonyl (C=O) groups is 1. The van der Waals surface area contributed by atoms with Gasteiger partial charge in [-0.3, -0.25) is 4.90 Å². The van der Waals surface area contributed by atoms with Crippen molar-refractivity contribution in [2.24, 2.45) is 0 Å². The van der Waals surface area contributed by atoms with Crippen molar-refractivity contribution in [1.82, 2.24) is 10.2 Å². The van der Waals surface area contributed by atoms with Gasteiger partial charge in [0, 0.05) is 43.7 Å². The first-order valence-corrected chi connectivity index (χ1v) is 6.40. The Morgan fingerprint density at radius 2 is 2.16 bits per heavy atom. The standard InChI is InChI=1S/C14H16N2O3/c17-14(18)10-1-2-13-12(7-10)11(9-19-13)8-16-5-3-15-4-6-16/h1-2,7,9,15H,3-6,8H2,(H,17,18). The van der Waals surface area contributed by atoms with Crippen LogP contribution in [-0.2, 0) is 6.54 Å². The maximum atomic E-state index is 11.0. The van der Waals surface area contributed by atoms with Crippen LogP contribution in [0, 0.1) is 0 Å². The molecule has 0 aliphatic carbocycles. The van der Waals surface area contributed by atoms with Crippen molar-refractivity contribution in [3.05, 3.63) is 35.6 Å². The third kappa shape index (κ3) is 2.47. The molecule has 2 aromatic rings. The van der Waals surface area contributed by atoms with Gasteiger partial charge in [0.2, 0.25) is 0 Å². The predicted octanol–water partition coefficient (Wildman–Crippen LogP) is 1.54. The van der Waals surface area contributed by atoms with Crippen LogP contribution in [0.5, 0.6) is 0 Å². The monoisotopic (exact) mass is 260 g/mol. The molecular formula is C14H16N2O3. The third-order valence-corrected chi connectivity index (χ3v) is 3.50. The molecule has 0 radical (unpaired) electrons. The van der Waals surface area contributed by atoms with E-state index in [0.29, 0.717) is 5.56 Å². The van der Waals surface area contributed by atoms with Crippen LogP contribution in [0.4, 0.5) is 0 Å². The number of nitrogens with one attached hydrogen (secondary N) is 1. The Morgan fingerprint density at radius 3 is 2.89 bits per heavy atom. The van der Waals surface area contributed by atoms with E-state index in [9.17, 15) is 4.79 Å². The quantitative estimate of drug-likeness (QED) is 0.876. The lowest BCUT2D eigenvalue weighted by Gasteiger charge is -2.26. The van der Waals surface area contributed by atoms with Gasteiger partial charge in [-0.15, -0.1) is 0 Å². The molecule has 0 spiro atoms. The van der Waals surface area contributed by atoms with Crippen molar-refractivity contribution in [3.8, 4) is 0 Å². The van der Waals surface area contributed by atoms with Gasteiger partial charge in [-0.25, -0.2) is 4.79 Å². The number of carboxylic acids is 1. The fourth-order valence-corrected chi connectivity index (χ4v) is 2.45. The average Bonchev–Trinajstić information content (AvgIpc) is 2.82. The second kappa shape index (κ2) is 5.03. The van der Waals surface area contributed by atoms with Gasteiger partial charge < -0.3 is 14.8 Å². The molecule has 5 nitrogen and oxygen atoms in total. The molecule has 3 rings (SSSR count).